The topological polar surface area (TPSA) is 63.3 Å². The van der Waals surface area contributed by atoms with Crippen molar-refractivity contribution in [2.45, 2.75) is 0 Å². The van der Waals surface area contributed by atoms with Crippen molar-refractivity contribution in [2.75, 3.05) is 5.73 Å². The fourth-order valence-electron chi connectivity index (χ4n) is 1.70. The standard InChI is InChI=1S/C15H13NO2/c16-13-8-4-5-11(9-13)10-14(15(17)18)12-6-2-1-3-7-12/h1-10H,16H2,(H,17,18)/b14-10+. The number of rotatable bonds is 3. The zero-order valence-corrected chi connectivity index (χ0v) is 9.71. The van der Waals surface area contributed by atoms with Gasteiger partial charge in [-0.25, -0.2) is 4.79 Å². The number of carboxylic acids is 1. The molecule has 0 heterocycles. The lowest BCUT2D eigenvalue weighted by Gasteiger charge is -2.03. The number of nitrogen functional groups attached to an aromatic ring is 1. The van der Waals surface area contributed by atoms with Gasteiger partial charge in [-0.3, -0.25) is 0 Å². The maximum absolute atomic E-state index is 11.3. The Morgan fingerprint density at radius 2 is 1.78 bits per heavy atom. The SMILES string of the molecule is Nc1cccc(/C=C(/C(=O)O)c2ccccc2)c1. The van der Waals surface area contributed by atoms with Gasteiger partial charge < -0.3 is 10.8 Å². The van der Waals surface area contributed by atoms with Crippen LogP contribution in [0.25, 0.3) is 11.6 Å². The van der Waals surface area contributed by atoms with Crippen LogP contribution in [0, 0.1) is 0 Å². The lowest BCUT2D eigenvalue weighted by atomic mass is 10.0. The van der Waals surface area contributed by atoms with Crippen molar-refractivity contribution < 1.29 is 9.90 Å². The van der Waals surface area contributed by atoms with Crippen molar-refractivity contribution in [3.8, 4) is 0 Å². The molecule has 0 aliphatic rings. The van der Waals surface area contributed by atoms with Crippen molar-refractivity contribution in [3.63, 3.8) is 0 Å². The quantitative estimate of drug-likeness (QED) is 0.491. The molecule has 0 unspecified atom stereocenters. The summed E-state index contributed by atoms with van der Waals surface area (Å²) < 4.78 is 0. The van der Waals surface area contributed by atoms with Crippen LogP contribution in [0.4, 0.5) is 5.69 Å². The fourth-order valence-corrected chi connectivity index (χ4v) is 1.70. The van der Waals surface area contributed by atoms with E-state index in [1.165, 1.54) is 0 Å². The highest BCUT2D eigenvalue weighted by atomic mass is 16.4. The number of aliphatic carboxylic acids is 1. The molecule has 3 N–H and O–H groups in total. The van der Waals surface area contributed by atoms with E-state index in [0.29, 0.717) is 11.3 Å². The van der Waals surface area contributed by atoms with Gasteiger partial charge in [-0.05, 0) is 29.3 Å². The molecule has 0 atom stereocenters. The van der Waals surface area contributed by atoms with Gasteiger partial charge in [-0.2, -0.15) is 0 Å². The predicted molar refractivity (Wildman–Crippen MR) is 72.8 cm³/mol. The molecule has 0 bridgehead atoms. The first kappa shape index (κ1) is 11.9. The van der Waals surface area contributed by atoms with E-state index in [-0.39, 0.29) is 5.57 Å². The Kier molecular flexibility index (Phi) is 3.44. The summed E-state index contributed by atoms with van der Waals surface area (Å²) in [6.45, 7) is 0. The van der Waals surface area contributed by atoms with Gasteiger partial charge in [-0.15, -0.1) is 0 Å². The Morgan fingerprint density at radius 1 is 1.06 bits per heavy atom. The Labute approximate surface area is 105 Å². The van der Waals surface area contributed by atoms with Crippen LogP contribution >= 0.6 is 0 Å². The number of anilines is 1. The summed E-state index contributed by atoms with van der Waals surface area (Å²) in [6.07, 6.45) is 1.62. The molecule has 2 aromatic carbocycles. The van der Waals surface area contributed by atoms with Gasteiger partial charge in [0.2, 0.25) is 0 Å². The van der Waals surface area contributed by atoms with Crippen molar-refractivity contribution in [1.82, 2.24) is 0 Å². The maximum Gasteiger partial charge on any atom is 0.336 e. The molecule has 0 amide bonds. The molecule has 2 rings (SSSR count). The predicted octanol–water partition coefficient (Wildman–Crippen LogP) is 2.89. The summed E-state index contributed by atoms with van der Waals surface area (Å²) in [5.74, 6) is -0.955. The molecule has 0 aliphatic heterocycles. The Bertz CT molecular complexity index is 588. The number of carboxylic acid groups (broad SMARTS) is 1. The van der Waals surface area contributed by atoms with Gasteiger partial charge in [0.15, 0.2) is 0 Å². The lowest BCUT2D eigenvalue weighted by Crippen LogP contribution is -1.99. The van der Waals surface area contributed by atoms with Crippen LogP contribution in [0.15, 0.2) is 54.6 Å². The summed E-state index contributed by atoms with van der Waals surface area (Å²) >= 11 is 0. The summed E-state index contributed by atoms with van der Waals surface area (Å²) in [5.41, 5.74) is 7.98. The number of hydrogen-bond donors (Lipinski definition) is 2. The summed E-state index contributed by atoms with van der Waals surface area (Å²) in [4.78, 5) is 11.3. The lowest BCUT2D eigenvalue weighted by molar-refractivity contribution is -0.130. The molecule has 0 fully saturated rings. The second-order valence-electron chi connectivity index (χ2n) is 3.90. The number of benzene rings is 2. The monoisotopic (exact) mass is 239 g/mol. The van der Waals surface area contributed by atoms with E-state index in [1.807, 2.05) is 24.3 Å². The first-order valence-electron chi connectivity index (χ1n) is 5.53. The van der Waals surface area contributed by atoms with E-state index in [9.17, 15) is 9.90 Å². The van der Waals surface area contributed by atoms with Crippen LogP contribution in [0.3, 0.4) is 0 Å². The minimum atomic E-state index is -0.955. The van der Waals surface area contributed by atoms with E-state index >= 15 is 0 Å². The highest BCUT2D eigenvalue weighted by Crippen LogP contribution is 2.19. The zero-order chi connectivity index (χ0) is 13.0. The minimum absolute atomic E-state index is 0.251. The normalized spacial score (nSPS) is 11.2. The van der Waals surface area contributed by atoms with Crippen LogP contribution in [0.1, 0.15) is 11.1 Å². The third kappa shape index (κ3) is 2.77. The number of hydrogen-bond acceptors (Lipinski definition) is 2. The first-order valence-corrected chi connectivity index (χ1v) is 5.53. The van der Waals surface area contributed by atoms with Crippen LogP contribution in [-0.2, 0) is 4.79 Å². The zero-order valence-electron chi connectivity index (χ0n) is 9.71. The van der Waals surface area contributed by atoms with E-state index in [0.717, 1.165) is 5.56 Å². The van der Waals surface area contributed by atoms with Crippen molar-refractivity contribution in [3.05, 3.63) is 65.7 Å². The highest BCUT2D eigenvalue weighted by Gasteiger charge is 2.09. The van der Waals surface area contributed by atoms with Gasteiger partial charge in [0, 0.05) is 5.69 Å². The molecule has 0 aliphatic carbocycles. The average molecular weight is 239 g/mol. The number of nitrogens with two attached hydrogens (primary N) is 1. The van der Waals surface area contributed by atoms with Gasteiger partial charge >= 0.3 is 5.97 Å². The van der Waals surface area contributed by atoms with Crippen LogP contribution in [-0.4, -0.2) is 11.1 Å². The Hall–Kier alpha value is -2.55. The van der Waals surface area contributed by atoms with Crippen LogP contribution < -0.4 is 5.73 Å². The molecular formula is C15H13NO2. The molecule has 3 nitrogen and oxygen atoms in total. The largest absolute Gasteiger partial charge is 0.478 e. The smallest absolute Gasteiger partial charge is 0.336 e. The van der Waals surface area contributed by atoms with Crippen molar-refractivity contribution >= 4 is 23.3 Å². The van der Waals surface area contributed by atoms with Crippen LogP contribution in [0.2, 0.25) is 0 Å². The first-order chi connectivity index (χ1) is 8.66. The molecule has 90 valence electrons. The second kappa shape index (κ2) is 5.19. The molecular weight excluding hydrogens is 226 g/mol. The maximum atomic E-state index is 11.3. The molecule has 0 saturated heterocycles. The minimum Gasteiger partial charge on any atom is -0.478 e. The summed E-state index contributed by atoms with van der Waals surface area (Å²) in [7, 11) is 0. The molecule has 0 spiro atoms. The van der Waals surface area contributed by atoms with E-state index in [4.69, 9.17) is 5.73 Å². The van der Waals surface area contributed by atoms with Gasteiger partial charge in [0.1, 0.15) is 0 Å². The molecule has 18 heavy (non-hydrogen) atoms. The molecule has 0 aromatic heterocycles. The van der Waals surface area contributed by atoms with E-state index in [2.05, 4.69) is 0 Å². The van der Waals surface area contributed by atoms with Gasteiger partial charge in [0.05, 0.1) is 5.57 Å². The fraction of sp³-hybridized carbons (Fsp3) is 0. The third-order valence-corrected chi connectivity index (χ3v) is 2.54. The van der Waals surface area contributed by atoms with Gasteiger partial charge in [-0.1, -0.05) is 42.5 Å². The molecule has 3 heteroatoms. The Balaban J connectivity index is 2.46. The Morgan fingerprint density at radius 3 is 2.39 bits per heavy atom. The van der Waals surface area contributed by atoms with Crippen LogP contribution in [0.5, 0.6) is 0 Å². The van der Waals surface area contributed by atoms with Crippen molar-refractivity contribution in [2.24, 2.45) is 0 Å². The average Bonchev–Trinajstić information content (AvgIpc) is 2.37. The number of carbonyl (C=O) groups is 1. The van der Waals surface area contributed by atoms with Crippen molar-refractivity contribution in [1.29, 1.82) is 0 Å². The molecule has 2 aromatic rings. The summed E-state index contributed by atoms with van der Waals surface area (Å²) in [5, 5.41) is 9.26. The highest BCUT2D eigenvalue weighted by molar-refractivity contribution is 6.20. The van der Waals surface area contributed by atoms with E-state index in [1.54, 1.807) is 36.4 Å². The second-order valence-corrected chi connectivity index (χ2v) is 3.90. The molecule has 0 radical (unpaired) electrons. The summed E-state index contributed by atoms with van der Waals surface area (Å²) in [6, 6.07) is 16.1. The third-order valence-electron chi connectivity index (χ3n) is 2.54. The van der Waals surface area contributed by atoms with E-state index < -0.39 is 5.97 Å². The van der Waals surface area contributed by atoms with Gasteiger partial charge in [0.25, 0.3) is 0 Å². The molecule has 0 saturated carbocycles.